The zero-order chi connectivity index (χ0) is 16.6. The highest BCUT2D eigenvalue weighted by Crippen LogP contribution is 2.64. The number of hydrogen-bond donors (Lipinski definition) is 1. The van der Waals surface area contributed by atoms with Crippen LogP contribution in [0.3, 0.4) is 0 Å². The summed E-state index contributed by atoms with van der Waals surface area (Å²) >= 11 is 0. The van der Waals surface area contributed by atoms with E-state index in [1.54, 1.807) is 13.2 Å². The highest BCUT2D eigenvalue weighted by molar-refractivity contribution is 5.60. The van der Waals surface area contributed by atoms with Crippen molar-refractivity contribution >= 4 is 0 Å². The number of ether oxygens (including phenoxy) is 2. The van der Waals surface area contributed by atoms with Crippen molar-refractivity contribution in [3.05, 3.63) is 23.3 Å². The van der Waals surface area contributed by atoms with Crippen molar-refractivity contribution in [2.75, 3.05) is 20.7 Å². The fraction of sp³-hybridized carbons (Fsp3) is 0.632. The molecule has 1 aromatic carbocycles. The van der Waals surface area contributed by atoms with Gasteiger partial charge in [0.2, 0.25) is 0 Å². The molecule has 5 rings (SSSR count). The molecule has 5 unspecified atom stereocenters. The van der Waals surface area contributed by atoms with Gasteiger partial charge >= 0.3 is 0 Å². The van der Waals surface area contributed by atoms with Crippen molar-refractivity contribution < 1.29 is 14.6 Å². The van der Waals surface area contributed by atoms with Crippen LogP contribution in [0.1, 0.15) is 24.0 Å². The number of phenolic OH excluding ortho intramolecular Hbond substituents is 1. The van der Waals surface area contributed by atoms with Gasteiger partial charge in [-0.1, -0.05) is 6.07 Å². The summed E-state index contributed by atoms with van der Waals surface area (Å²) < 4.78 is 12.1. The average molecular weight is 326 g/mol. The normalized spacial score (nSPS) is 42.1. The molecule has 2 aliphatic heterocycles. The van der Waals surface area contributed by atoms with Gasteiger partial charge in [-0.3, -0.25) is 0 Å². The molecule has 2 fully saturated rings. The highest BCUT2D eigenvalue weighted by Gasteiger charge is 2.67. The van der Waals surface area contributed by atoms with Crippen LogP contribution in [0.2, 0.25) is 0 Å². The Morgan fingerprint density at radius 1 is 1.46 bits per heavy atom. The number of likely N-dealkylation sites (tertiary alicyclic amines) is 1. The van der Waals surface area contributed by atoms with Crippen LogP contribution >= 0.6 is 0 Å². The van der Waals surface area contributed by atoms with Gasteiger partial charge in [0.1, 0.15) is 12.2 Å². The first-order chi connectivity index (χ1) is 11.6. The van der Waals surface area contributed by atoms with E-state index in [9.17, 15) is 10.4 Å². The molecule has 126 valence electrons. The molecule has 5 nitrogen and oxygen atoms in total. The Bertz CT molecular complexity index is 758. The van der Waals surface area contributed by atoms with Crippen LogP contribution in [0.15, 0.2) is 12.1 Å². The van der Waals surface area contributed by atoms with Crippen molar-refractivity contribution in [3.63, 3.8) is 0 Å². The zero-order valence-corrected chi connectivity index (χ0v) is 14.0. The maximum atomic E-state index is 10.4. The van der Waals surface area contributed by atoms with Crippen molar-refractivity contribution in [1.29, 1.82) is 5.26 Å². The third kappa shape index (κ3) is 1.47. The summed E-state index contributed by atoms with van der Waals surface area (Å²) in [7, 11) is 3.87. The summed E-state index contributed by atoms with van der Waals surface area (Å²) in [6.07, 6.45) is 2.39. The molecule has 0 aromatic heterocycles. The summed E-state index contributed by atoms with van der Waals surface area (Å²) in [5.74, 6) is 1.08. The number of benzene rings is 1. The number of nitrogens with zero attached hydrogens (tertiary/aromatic N) is 2. The minimum Gasteiger partial charge on any atom is -0.504 e. The summed E-state index contributed by atoms with van der Waals surface area (Å²) in [4.78, 5) is 2.45. The molecule has 1 aromatic rings. The standard InChI is InChI=1S/C19H22N2O3/c1-21-6-5-19-12-7-11(9-20)16(23-2)18(19)24-17-14(22)4-3-10(15(17)19)8-13(12)21/h3-4,11-13,16,18,22H,5-8H2,1-2H3/t11?,12?,13?,16?,18-,19?/m0/s1. The van der Waals surface area contributed by atoms with E-state index in [1.165, 1.54) is 11.1 Å². The number of rotatable bonds is 1. The van der Waals surface area contributed by atoms with Crippen molar-refractivity contribution in [1.82, 2.24) is 4.90 Å². The first-order valence-corrected chi connectivity index (χ1v) is 8.76. The number of likely N-dealkylation sites (N-methyl/N-ethyl adjacent to an activating group) is 1. The van der Waals surface area contributed by atoms with Gasteiger partial charge in [-0.25, -0.2) is 0 Å². The Morgan fingerprint density at radius 3 is 3.04 bits per heavy atom. The fourth-order valence-electron chi connectivity index (χ4n) is 6.10. The Hall–Kier alpha value is -1.77. The lowest BCUT2D eigenvalue weighted by molar-refractivity contribution is -0.127. The van der Waals surface area contributed by atoms with Gasteiger partial charge in [0, 0.05) is 24.1 Å². The maximum absolute atomic E-state index is 10.4. The predicted molar refractivity (Wildman–Crippen MR) is 86.9 cm³/mol. The van der Waals surface area contributed by atoms with E-state index in [0.717, 1.165) is 25.8 Å². The van der Waals surface area contributed by atoms with Gasteiger partial charge in [0.05, 0.1) is 12.0 Å². The van der Waals surface area contributed by atoms with Crippen molar-refractivity contribution in [3.8, 4) is 17.6 Å². The van der Waals surface area contributed by atoms with Crippen LogP contribution < -0.4 is 4.74 Å². The number of hydrogen-bond acceptors (Lipinski definition) is 5. The Labute approximate surface area is 141 Å². The van der Waals surface area contributed by atoms with Gasteiger partial charge in [0.15, 0.2) is 11.5 Å². The second-order valence-electron chi connectivity index (χ2n) is 7.81. The number of methoxy groups -OCH3 is 1. The summed E-state index contributed by atoms with van der Waals surface area (Å²) in [6, 6.07) is 6.70. The van der Waals surface area contributed by atoms with Gasteiger partial charge in [-0.05, 0) is 50.4 Å². The molecule has 4 aliphatic rings. The SMILES string of the molecule is COC1C(C#N)CC2C3Cc4ccc(O)c5c4C2(CCN3C)[C@H]1O5. The lowest BCUT2D eigenvalue weighted by Crippen LogP contribution is -2.68. The lowest BCUT2D eigenvalue weighted by atomic mass is 9.50. The minimum atomic E-state index is -0.243. The molecule has 6 atom stereocenters. The Morgan fingerprint density at radius 2 is 2.29 bits per heavy atom. The molecule has 1 saturated carbocycles. The van der Waals surface area contributed by atoms with Gasteiger partial charge < -0.3 is 19.5 Å². The van der Waals surface area contributed by atoms with Gasteiger partial charge in [0.25, 0.3) is 0 Å². The average Bonchev–Trinajstić information content (AvgIpc) is 2.94. The Kier molecular flexibility index (Phi) is 2.82. The van der Waals surface area contributed by atoms with E-state index in [0.29, 0.717) is 17.7 Å². The number of nitriles is 1. The molecule has 0 amide bonds. The predicted octanol–water partition coefficient (Wildman–Crippen LogP) is 1.83. The molecule has 0 radical (unpaired) electrons. The zero-order valence-electron chi connectivity index (χ0n) is 14.0. The largest absolute Gasteiger partial charge is 0.504 e. The molecule has 2 aliphatic carbocycles. The van der Waals surface area contributed by atoms with Crippen LogP contribution in [0, 0.1) is 23.2 Å². The smallest absolute Gasteiger partial charge is 0.165 e. The van der Waals surface area contributed by atoms with E-state index in [1.807, 2.05) is 0 Å². The molecule has 1 saturated heterocycles. The molecule has 1 N–H and O–H groups in total. The number of piperidine rings is 1. The number of aromatic hydroxyl groups is 1. The van der Waals surface area contributed by atoms with Gasteiger partial charge in [-0.15, -0.1) is 0 Å². The summed E-state index contributed by atoms with van der Waals surface area (Å²) in [5.41, 5.74) is 2.39. The van der Waals surface area contributed by atoms with E-state index in [4.69, 9.17) is 9.47 Å². The molecule has 5 heteroatoms. The van der Waals surface area contributed by atoms with Crippen LogP contribution in [-0.2, 0) is 16.6 Å². The first-order valence-electron chi connectivity index (χ1n) is 8.76. The Balaban J connectivity index is 1.78. The quantitative estimate of drug-likeness (QED) is 0.853. The van der Waals surface area contributed by atoms with E-state index in [2.05, 4.69) is 24.1 Å². The first kappa shape index (κ1) is 14.6. The summed E-state index contributed by atoms with van der Waals surface area (Å²) in [5, 5.41) is 20.1. The monoisotopic (exact) mass is 326 g/mol. The molecule has 1 spiro atoms. The van der Waals surface area contributed by atoms with Crippen LogP contribution in [0.25, 0.3) is 0 Å². The summed E-state index contributed by atoms with van der Waals surface area (Å²) in [6.45, 7) is 1.02. The van der Waals surface area contributed by atoms with Crippen molar-refractivity contribution in [2.45, 2.75) is 42.9 Å². The molecule has 24 heavy (non-hydrogen) atoms. The van der Waals surface area contributed by atoms with E-state index < -0.39 is 0 Å². The second-order valence-corrected chi connectivity index (χ2v) is 7.81. The molecule has 2 heterocycles. The molecular weight excluding hydrogens is 304 g/mol. The topological polar surface area (TPSA) is 65.7 Å². The van der Waals surface area contributed by atoms with Gasteiger partial charge in [-0.2, -0.15) is 5.26 Å². The fourth-order valence-corrected chi connectivity index (χ4v) is 6.10. The second kappa shape index (κ2) is 4.65. The molecular formula is C19H22N2O3. The van der Waals surface area contributed by atoms with E-state index in [-0.39, 0.29) is 29.3 Å². The molecule has 2 bridgehead atoms. The maximum Gasteiger partial charge on any atom is 0.165 e. The lowest BCUT2D eigenvalue weighted by Gasteiger charge is -2.59. The minimum absolute atomic E-state index is 0.118. The number of phenols is 1. The van der Waals surface area contributed by atoms with Crippen LogP contribution in [-0.4, -0.2) is 49.0 Å². The van der Waals surface area contributed by atoms with E-state index >= 15 is 0 Å². The third-order valence-corrected chi connectivity index (χ3v) is 7.08. The van der Waals surface area contributed by atoms with Crippen LogP contribution in [0.4, 0.5) is 0 Å². The van der Waals surface area contributed by atoms with Crippen molar-refractivity contribution in [2.24, 2.45) is 11.8 Å². The third-order valence-electron chi connectivity index (χ3n) is 7.08. The highest BCUT2D eigenvalue weighted by atomic mass is 16.5. The van der Waals surface area contributed by atoms with Crippen LogP contribution in [0.5, 0.6) is 11.5 Å².